The van der Waals surface area contributed by atoms with Crippen LogP contribution in [-0.4, -0.2) is 9.13 Å². The van der Waals surface area contributed by atoms with Crippen LogP contribution in [0.4, 0.5) is 0 Å². The molecule has 0 atom stereocenters. The zero-order chi connectivity index (χ0) is 34.3. The highest BCUT2D eigenvalue weighted by Crippen LogP contribution is 2.34. The molecule has 2 heterocycles. The van der Waals surface area contributed by atoms with Gasteiger partial charge in [-0.05, 0) is 91.7 Å². The number of allylic oxidation sites excluding steroid dienone is 4. The van der Waals surface area contributed by atoms with Gasteiger partial charge in [0.05, 0.1) is 27.2 Å². The van der Waals surface area contributed by atoms with Gasteiger partial charge in [0.2, 0.25) is 0 Å². The minimum atomic E-state index is -0.566. The molecule has 8 heteroatoms. The fraction of sp³-hybridized carbons (Fsp3) is 0.150. The van der Waals surface area contributed by atoms with Crippen molar-refractivity contribution in [3.8, 4) is 22.9 Å². The number of ether oxygens (including phenoxy) is 2. The van der Waals surface area contributed by atoms with Gasteiger partial charge >= 0.3 is 0 Å². The molecular weight excluding hydrogens is 604 g/mol. The number of aryl methyl sites for hydroxylation is 1. The quantitative estimate of drug-likeness (QED) is 0.126. The Balaban J connectivity index is 1.15. The average Bonchev–Trinajstić information content (AvgIpc) is 3.44. The first-order valence-electron chi connectivity index (χ1n) is 15.4. The number of fused-ring (bicyclic) bond motifs is 2. The van der Waals surface area contributed by atoms with Crippen LogP contribution in [0.1, 0.15) is 31.9 Å². The number of aromatic nitrogens is 2. The van der Waals surface area contributed by atoms with E-state index in [9.17, 15) is 19.2 Å². The van der Waals surface area contributed by atoms with Gasteiger partial charge in [0.1, 0.15) is 23.0 Å². The molecule has 0 aliphatic heterocycles. The van der Waals surface area contributed by atoms with E-state index < -0.39 is 22.2 Å². The lowest BCUT2D eigenvalue weighted by Gasteiger charge is -2.27. The van der Waals surface area contributed by atoms with Crippen LogP contribution >= 0.6 is 0 Å². The standard InChI is InChI=1S/C40H34N2O6/c1-7-26(40(4,5)27-12-18-31(19-13-27)48-30-16-8-24(2)9-17-30)11-10-25(3)47-29-20-14-28(15-21-29)42-38(45)34-22-32-33(23-35(34)39(42)46)37(44)41(6)36(32)43/h7-23H,3H2,1-2,4-6H3/b11-10-,26-7+. The minimum Gasteiger partial charge on any atom is -0.458 e. The first kappa shape index (κ1) is 31.9. The van der Waals surface area contributed by atoms with Gasteiger partial charge in [0.25, 0.3) is 22.2 Å². The van der Waals surface area contributed by atoms with E-state index in [2.05, 4.69) is 38.6 Å². The van der Waals surface area contributed by atoms with E-state index in [0.717, 1.165) is 31.8 Å². The van der Waals surface area contributed by atoms with Gasteiger partial charge in [-0.15, -0.1) is 0 Å². The van der Waals surface area contributed by atoms with Gasteiger partial charge in [-0.1, -0.05) is 62.4 Å². The van der Waals surface area contributed by atoms with E-state index in [1.807, 2.05) is 56.3 Å². The van der Waals surface area contributed by atoms with Crippen LogP contribution in [-0.2, 0) is 12.5 Å². The lowest BCUT2D eigenvalue weighted by Crippen LogP contribution is -2.23. The number of rotatable bonds is 9. The van der Waals surface area contributed by atoms with Crippen LogP contribution < -0.4 is 31.7 Å². The number of hydrogen-bond acceptors (Lipinski definition) is 6. The lowest BCUT2D eigenvalue weighted by atomic mass is 9.77. The second kappa shape index (κ2) is 12.3. The van der Waals surface area contributed by atoms with Crippen LogP contribution in [0.25, 0.3) is 27.2 Å². The molecule has 48 heavy (non-hydrogen) atoms. The van der Waals surface area contributed by atoms with Crippen molar-refractivity contribution in [3.63, 3.8) is 0 Å². The van der Waals surface area contributed by atoms with E-state index >= 15 is 0 Å². The Morgan fingerprint density at radius 2 is 1.17 bits per heavy atom. The normalized spacial score (nSPS) is 12.3. The van der Waals surface area contributed by atoms with Gasteiger partial charge in [-0.25, -0.2) is 4.57 Å². The summed E-state index contributed by atoms with van der Waals surface area (Å²) in [5.74, 6) is 2.41. The summed E-state index contributed by atoms with van der Waals surface area (Å²) < 4.78 is 13.9. The molecule has 240 valence electrons. The molecule has 0 radical (unpaired) electrons. The first-order chi connectivity index (χ1) is 22.9. The van der Waals surface area contributed by atoms with Crippen LogP contribution in [0.2, 0.25) is 0 Å². The summed E-state index contributed by atoms with van der Waals surface area (Å²) in [6.07, 6.45) is 5.82. The molecule has 0 aliphatic carbocycles. The van der Waals surface area contributed by atoms with Crippen LogP contribution in [0, 0.1) is 6.92 Å². The van der Waals surface area contributed by atoms with Crippen LogP contribution in [0.5, 0.6) is 17.2 Å². The third kappa shape index (κ3) is 5.73. The number of hydrogen-bond donors (Lipinski definition) is 0. The molecule has 0 unspecified atom stereocenters. The van der Waals surface area contributed by atoms with Crippen molar-refractivity contribution in [1.29, 1.82) is 0 Å². The van der Waals surface area contributed by atoms with Crippen molar-refractivity contribution in [3.05, 3.63) is 174 Å². The first-order valence-corrected chi connectivity index (χ1v) is 15.4. The Morgan fingerprint density at radius 1 is 0.688 bits per heavy atom. The third-order valence-electron chi connectivity index (χ3n) is 8.75. The predicted molar refractivity (Wildman–Crippen MR) is 191 cm³/mol. The summed E-state index contributed by atoms with van der Waals surface area (Å²) in [5, 5.41) is 0.405. The highest BCUT2D eigenvalue weighted by Gasteiger charge is 2.24. The minimum absolute atomic E-state index is 0.0864. The van der Waals surface area contributed by atoms with Crippen molar-refractivity contribution in [1.82, 2.24) is 9.13 Å². The topological polar surface area (TPSA) is 96.6 Å². The average molecular weight is 639 g/mol. The molecule has 4 aromatic carbocycles. The molecule has 0 aliphatic rings. The number of nitrogens with zero attached hydrogens (tertiary/aromatic N) is 2. The van der Waals surface area contributed by atoms with Crippen LogP contribution in [0.3, 0.4) is 0 Å². The Morgan fingerprint density at radius 3 is 1.69 bits per heavy atom. The molecule has 0 spiro atoms. The van der Waals surface area contributed by atoms with E-state index in [4.69, 9.17) is 9.47 Å². The smallest absolute Gasteiger partial charge is 0.266 e. The Hall–Kier alpha value is -6.02. The van der Waals surface area contributed by atoms with Gasteiger partial charge in [-0.3, -0.25) is 23.7 Å². The number of benzene rings is 4. The molecule has 0 N–H and O–H groups in total. The monoisotopic (exact) mass is 638 g/mol. The zero-order valence-electron chi connectivity index (χ0n) is 27.4. The summed E-state index contributed by atoms with van der Waals surface area (Å²) in [6, 6.07) is 25.1. The predicted octanol–water partition coefficient (Wildman–Crippen LogP) is 6.91. The zero-order valence-corrected chi connectivity index (χ0v) is 27.4. The molecule has 0 amide bonds. The molecule has 8 nitrogen and oxygen atoms in total. The maximum Gasteiger partial charge on any atom is 0.266 e. The van der Waals surface area contributed by atoms with Crippen molar-refractivity contribution >= 4 is 21.5 Å². The van der Waals surface area contributed by atoms with Gasteiger partial charge in [-0.2, -0.15) is 0 Å². The summed E-state index contributed by atoms with van der Waals surface area (Å²) >= 11 is 0. The fourth-order valence-corrected chi connectivity index (χ4v) is 5.87. The Kier molecular flexibility index (Phi) is 8.18. The van der Waals surface area contributed by atoms with Crippen LogP contribution in [0.15, 0.2) is 140 Å². The second-order valence-corrected chi connectivity index (χ2v) is 12.3. The maximum atomic E-state index is 13.2. The maximum absolute atomic E-state index is 13.2. The van der Waals surface area contributed by atoms with E-state index in [0.29, 0.717) is 17.2 Å². The highest BCUT2D eigenvalue weighted by atomic mass is 16.5. The van der Waals surface area contributed by atoms with Gasteiger partial charge in [0.15, 0.2) is 0 Å². The summed E-state index contributed by atoms with van der Waals surface area (Å²) in [4.78, 5) is 51.3. The van der Waals surface area contributed by atoms with E-state index in [1.54, 1.807) is 30.3 Å². The molecular formula is C40H34N2O6. The Bertz CT molecular complexity index is 2390. The highest BCUT2D eigenvalue weighted by molar-refractivity contribution is 5.98. The third-order valence-corrected chi connectivity index (χ3v) is 8.75. The van der Waals surface area contributed by atoms with Crippen molar-refractivity contribution in [2.45, 2.75) is 33.1 Å². The van der Waals surface area contributed by atoms with Crippen molar-refractivity contribution < 1.29 is 9.47 Å². The molecule has 6 aromatic rings. The summed E-state index contributed by atoms with van der Waals surface area (Å²) in [6.45, 7) is 12.4. The SMILES string of the molecule is C=C(/C=C\C(=C/C)C(C)(C)c1ccc(Oc2ccc(C)cc2)cc1)Oc1ccc(-n2c(=O)c3cc4c(=O)n(C)c(=O)c4cc3c2=O)cc1. The van der Waals surface area contributed by atoms with E-state index in [1.165, 1.54) is 24.7 Å². The fourth-order valence-electron chi connectivity index (χ4n) is 5.87. The Labute approximate surface area is 276 Å². The summed E-state index contributed by atoms with van der Waals surface area (Å²) in [5.41, 5.74) is 1.22. The molecule has 0 bridgehead atoms. The second-order valence-electron chi connectivity index (χ2n) is 12.3. The largest absolute Gasteiger partial charge is 0.458 e. The van der Waals surface area contributed by atoms with E-state index in [-0.39, 0.29) is 27.0 Å². The van der Waals surface area contributed by atoms with Crippen molar-refractivity contribution in [2.24, 2.45) is 7.05 Å². The summed E-state index contributed by atoms with van der Waals surface area (Å²) in [7, 11) is 1.36. The molecule has 2 aromatic heterocycles. The molecule has 0 fully saturated rings. The lowest BCUT2D eigenvalue weighted by molar-refractivity contribution is 0.446. The molecule has 6 rings (SSSR count). The molecule has 0 saturated carbocycles. The van der Waals surface area contributed by atoms with Crippen molar-refractivity contribution in [2.75, 3.05) is 0 Å². The molecule has 0 saturated heterocycles. The van der Waals surface area contributed by atoms with Gasteiger partial charge < -0.3 is 9.47 Å². The van der Waals surface area contributed by atoms with Gasteiger partial charge in [0, 0.05) is 12.5 Å².